The number of aromatic hydroxyl groups is 1. The number of nitrogens with zero attached hydrogens (tertiary/aromatic N) is 1. The Morgan fingerprint density at radius 3 is 2.80 bits per heavy atom. The normalized spacial score (nSPS) is 20.7. The van der Waals surface area contributed by atoms with Gasteiger partial charge in [0.05, 0.1) is 0 Å². The zero-order valence-corrected chi connectivity index (χ0v) is 14.6. The minimum Gasteiger partial charge on any atom is -0.508 e. The molecule has 0 aromatic heterocycles. The number of phenolic OH excluding ortho intramolecular Hbond substituents is 1. The molecule has 4 heteroatoms. The molecular formula is C21H23NO3. The van der Waals surface area contributed by atoms with Crippen LogP contribution in [-0.2, 0) is 0 Å². The number of hydrogen-bond donors (Lipinski definition) is 1. The summed E-state index contributed by atoms with van der Waals surface area (Å²) in [6, 6.07) is 13.9. The molecule has 4 nitrogen and oxygen atoms in total. The molecule has 0 saturated carbocycles. The van der Waals surface area contributed by atoms with Gasteiger partial charge in [0.15, 0.2) is 0 Å². The van der Waals surface area contributed by atoms with Crippen molar-refractivity contribution in [3.8, 4) is 17.2 Å². The monoisotopic (exact) mass is 337 g/mol. The van der Waals surface area contributed by atoms with Crippen LogP contribution in [0.1, 0.15) is 31.4 Å². The minimum atomic E-state index is 0.0361. The summed E-state index contributed by atoms with van der Waals surface area (Å²) in [5, 5.41) is 9.89. The summed E-state index contributed by atoms with van der Waals surface area (Å²) in [6.07, 6.45) is 3.31. The summed E-state index contributed by atoms with van der Waals surface area (Å²) in [6.45, 7) is 5.93. The van der Waals surface area contributed by atoms with Gasteiger partial charge in [-0.15, -0.1) is 0 Å². The highest BCUT2D eigenvalue weighted by molar-refractivity contribution is 5.86. The first-order chi connectivity index (χ1) is 12.1. The second-order valence-electron chi connectivity index (χ2n) is 6.70. The van der Waals surface area contributed by atoms with Crippen LogP contribution in [0.15, 0.2) is 48.5 Å². The molecule has 0 bridgehead atoms. The highest BCUT2D eigenvalue weighted by Gasteiger charge is 2.30. The zero-order chi connectivity index (χ0) is 17.4. The molecule has 1 fully saturated rings. The molecule has 2 unspecified atom stereocenters. The summed E-state index contributed by atoms with van der Waals surface area (Å²) in [5.74, 6) is 1.88. The Kier molecular flexibility index (Phi) is 4.14. The third-order valence-corrected chi connectivity index (χ3v) is 5.09. The van der Waals surface area contributed by atoms with Gasteiger partial charge in [0, 0.05) is 23.7 Å². The summed E-state index contributed by atoms with van der Waals surface area (Å²) < 4.78 is 12.0. The van der Waals surface area contributed by atoms with Crippen molar-refractivity contribution in [2.24, 2.45) is 0 Å². The van der Waals surface area contributed by atoms with Gasteiger partial charge in [-0.2, -0.15) is 0 Å². The second kappa shape index (κ2) is 6.45. The lowest BCUT2D eigenvalue weighted by molar-refractivity contribution is -0.0413. The molecule has 0 radical (unpaired) electrons. The van der Waals surface area contributed by atoms with Crippen LogP contribution >= 0.6 is 0 Å². The molecular weight excluding hydrogens is 314 g/mol. The lowest BCUT2D eigenvalue weighted by Gasteiger charge is -2.42. The predicted octanol–water partition coefficient (Wildman–Crippen LogP) is 4.04. The van der Waals surface area contributed by atoms with E-state index in [1.165, 1.54) is 6.42 Å². The maximum atomic E-state index is 9.89. The van der Waals surface area contributed by atoms with E-state index in [0.29, 0.717) is 12.6 Å². The Morgan fingerprint density at radius 1 is 1.20 bits per heavy atom. The number of benzene rings is 2. The largest absolute Gasteiger partial charge is 0.508 e. The quantitative estimate of drug-likeness (QED) is 0.914. The van der Waals surface area contributed by atoms with Crippen LogP contribution < -0.4 is 9.47 Å². The van der Waals surface area contributed by atoms with Gasteiger partial charge >= 0.3 is 0 Å². The molecule has 2 aliphatic rings. The van der Waals surface area contributed by atoms with Gasteiger partial charge in [-0.1, -0.05) is 18.2 Å². The number of para-hydroxylation sites is 1. The van der Waals surface area contributed by atoms with Gasteiger partial charge < -0.3 is 14.6 Å². The number of likely N-dealkylation sites (tertiary alicyclic amines) is 1. The molecule has 2 aromatic carbocycles. The number of ether oxygens (including phenoxy) is 2. The van der Waals surface area contributed by atoms with Crippen LogP contribution in [0.5, 0.6) is 17.2 Å². The third kappa shape index (κ3) is 2.98. The predicted molar refractivity (Wildman–Crippen MR) is 98.0 cm³/mol. The Balaban J connectivity index is 1.68. The maximum Gasteiger partial charge on any atom is 0.150 e. The maximum absolute atomic E-state index is 9.89. The van der Waals surface area contributed by atoms with E-state index in [1.54, 1.807) is 12.1 Å². The first kappa shape index (κ1) is 16.0. The van der Waals surface area contributed by atoms with Crippen LogP contribution in [-0.4, -0.2) is 35.4 Å². The fourth-order valence-electron chi connectivity index (χ4n) is 3.55. The van der Waals surface area contributed by atoms with E-state index in [0.717, 1.165) is 34.7 Å². The van der Waals surface area contributed by atoms with Gasteiger partial charge in [-0.3, -0.25) is 4.90 Å². The highest BCUT2D eigenvalue weighted by Crippen LogP contribution is 2.40. The number of fused-ring (bicyclic) bond motifs is 1. The molecule has 25 heavy (non-hydrogen) atoms. The molecule has 1 saturated heterocycles. The van der Waals surface area contributed by atoms with Crippen molar-refractivity contribution in [2.45, 2.75) is 32.5 Å². The molecule has 0 amide bonds. The van der Waals surface area contributed by atoms with Crippen molar-refractivity contribution in [3.63, 3.8) is 0 Å². The van der Waals surface area contributed by atoms with Crippen LogP contribution in [0.25, 0.3) is 5.57 Å². The van der Waals surface area contributed by atoms with Crippen LogP contribution in [0.2, 0.25) is 0 Å². The van der Waals surface area contributed by atoms with Crippen molar-refractivity contribution in [3.05, 3.63) is 59.7 Å². The Labute approximate surface area is 148 Å². The molecule has 2 aromatic rings. The van der Waals surface area contributed by atoms with E-state index in [4.69, 9.17) is 9.47 Å². The summed E-state index contributed by atoms with van der Waals surface area (Å²) in [4.78, 5) is 2.36. The van der Waals surface area contributed by atoms with E-state index in [9.17, 15) is 5.11 Å². The second-order valence-corrected chi connectivity index (χ2v) is 6.70. The lowest BCUT2D eigenvalue weighted by atomic mass is 9.94. The standard InChI is InChI=1S/C21H23NO3/c1-14-9-11-22(14)15(2)25-21-6-4-3-5-18(21)17-10-12-24-20-8-7-16(23)13-19(17)20/h3-8,10,13-15,23H,9,11-12H2,1-2H3. The Bertz CT molecular complexity index is 815. The van der Waals surface area contributed by atoms with Crippen molar-refractivity contribution in [1.82, 2.24) is 4.90 Å². The number of hydrogen-bond acceptors (Lipinski definition) is 4. The zero-order valence-electron chi connectivity index (χ0n) is 14.6. The van der Waals surface area contributed by atoms with E-state index < -0.39 is 0 Å². The van der Waals surface area contributed by atoms with Gasteiger partial charge in [0.2, 0.25) is 0 Å². The van der Waals surface area contributed by atoms with Gasteiger partial charge in [-0.05, 0) is 56.2 Å². The summed E-state index contributed by atoms with van der Waals surface area (Å²) >= 11 is 0. The molecule has 2 aliphatic heterocycles. The van der Waals surface area contributed by atoms with E-state index in [1.807, 2.05) is 30.3 Å². The topological polar surface area (TPSA) is 41.9 Å². The summed E-state index contributed by atoms with van der Waals surface area (Å²) in [5.41, 5.74) is 2.96. The molecule has 0 aliphatic carbocycles. The lowest BCUT2D eigenvalue weighted by Crippen LogP contribution is -2.52. The summed E-state index contributed by atoms with van der Waals surface area (Å²) in [7, 11) is 0. The fraction of sp³-hybridized carbons (Fsp3) is 0.333. The van der Waals surface area contributed by atoms with E-state index in [2.05, 4.69) is 24.8 Å². The van der Waals surface area contributed by atoms with E-state index >= 15 is 0 Å². The molecule has 4 rings (SSSR count). The average molecular weight is 337 g/mol. The van der Waals surface area contributed by atoms with E-state index in [-0.39, 0.29) is 12.0 Å². The molecule has 1 N–H and O–H groups in total. The number of phenols is 1. The Morgan fingerprint density at radius 2 is 2.04 bits per heavy atom. The van der Waals surface area contributed by atoms with Crippen LogP contribution in [0.4, 0.5) is 0 Å². The molecule has 130 valence electrons. The first-order valence-corrected chi connectivity index (χ1v) is 8.81. The van der Waals surface area contributed by atoms with Gasteiger partial charge in [0.25, 0.3) is 0 Å². The van der Waals surface area contributed by atoms with Crippen molar-refractivity contribution >= 4 is 5.57 Å². The third-order valence-electron chi connectivity index (χ3n) is 5.09. The van der Waals surface area contributed by atoms with Crippen molar-refractivity contribution in [2.75, 3.05) is 13.2 Å². The van der Waals surface area contributed by atoms with Gasteiger partial charge in [-0.25, -0.2) is 0 Å². The molecule has 0 spiro atoms. The fourth-order valence-corrected chi connectivity index (χ4v) is 3.55. The minimum absolute atomic E-state index is 0.0361. The first-order valence-electron chi connectivity index (χ1n) is 8.81. The Hall–Kier alpha value is -2.46. The van der Waals surface area contributed by atoms with Crippen molar-refractivity contribution < 1.29 is 14.6 Å². The van der Waals surface area contributed by atoms with Crippen LogP contribution in [0, 0.1) is 0 Å². The van der Waals surface area contributed by atoms with Gasteiger partial charge in [0.1, 0.15) is 30.1 Å². The smallest absolute Gasteiger partial charge is 0.150 e. The van der Waals surface area contributed by atoms with Crippen molar-refractivity contribution in [1.29, 1.82) is 0 Å². The van der Waals surface area contributed by atoms with Crippen LogP contribution in [0.3, 0.4) is 0 Å². The molecule has 2 heterocycles. The SMILES string of the molecule is CC1CCN1C(C)Oc1ccccc1C1=CCOc2ccc(O)cc21. The number of rotatable bonds is 4. The molecule has 2 atom stereocenters. The highest BCUT2D eigenvalue weighted by atomic mass is 16.5. The average Bonchev–Trinajstić information content (AvgIpc) is 2.60.